The Morgan fingerprint density at radius 2 is 2.00 bits per heavy atom. The molecule has 1 aliphatic heterocycles. The Morgan fingerprint density at radius 1 is 1.25 bits per heavy atom. The Balaban J connectivity index is 2.06. The van der Waals surface area contributed by atoms with Gasteiger partial charge in [-0.3, -0.25) is 4.79 Å². The predicted octanol–water partition coefficient (Wildman–Crippen LogP) is 2.49. The first-order valence-corrected chi connectivity index (χ1v) is 6.93. The molecule has 3 nitrogen and oxygen atoms in total. The molecule has 2 aromatic carbocycles. The molecule has 2 atom stereocenters. The van der Waals surface area contributed by atoms with Crippen molar-refractivity contribution in [3.05, 3.63) is 48.0 Å². The van der Waals surface area contributed by atoms with E-state index in [1.165, 1.54) is 23.4 Å². The normalized spacial score (nSPS) is 25.8. The van der Waals surface area contributed by atoms with Crippen molar-refractivity contribution in [3.63, 3.8) is 0 Å². The van der Waals surface area contributed by atoms with Gasteiger partial charge in [0.05, 0.1) is 13.0 Å². The van der Waals surface area contributed by atoms with Gasteiger partial charge in [0.2, 0.25) is 0 Å². The molecule has 0 aromatic heterocycles. The van der Waals surface area contributed by atoms with Crippen LogP contribution in [0.15, 0.2) is 42.5 Å². The summed E-state index contributed by atoms with van der Waals surface area (Å²) in [6.07, 6.45) is 0. The summed E-state index contributed by atoms with van der Waals surface area (Å²) >= 11 is 0. The molecule has 1 heterocycles. The first-order chi connectivity index (χ1) is 9.65. The van der Waals surface area contributed by atoms with Crippen molar-refractivity contribution in [3.8, 4) is 0 Å². The fourth-order valence-corrected chi connectivity index (χ4v) is 3.16. The summed E-state index contributed by atoms with van der Waals surface area (Å²) < 4.78 is 4.96. The van der Waals surface area contributed by atoms with Crippen LogP contribution in [0.25, 0.3) is 10.8 Å². The molecule has 1 saturated heterocycles. The van der Waals surface area contributed by atoms with Crippen LogP contribution in [-0.2, 0) is 14.9 Å². The summed E-state index contributed by atoms with van der Waals surface area (Å²) in [6, 6.07) is 14.7. The molecule has 0 amide bonds. The summed E-state index contributed by atoms with van der Waals surface area (Å²) in [5, 5.41) is 5.76. The molecule has 3 heteroatoms. The van der Waals surface area contributed by atoms with Crippen LogP contribution in [0.2, 0.25) is 0 Å². The van der Waals surface area contributed by atoms with E-state index in [1.807, 2.05) is 12.1 Å². The quantitative estimate of drug-likeness (QED) is 0.851. The monoisotopic (exact) mass is 269 g/mol. The third-order valence-electron chi connectivity index (χ3n) is 4.50. The van der Waals surface area contributed by atoms with Crippen molar-refractivity contribution in [1.29, 1.82) is 0 Å². The summed E-state index contributed by atoms with van der Waals surface area (Å²) in [7, 11) is 1.46. The van der Waals surface area contributed by atoms with Gasteiger partial charge in [0.15, 0.2) is 0 Å². The van der Waals surface area contributed by atoms with Gasteiger partial charge in [-0.1, -0.05) is 49.4 Å². The Kier molecular flexibility index (Phi) is 3.22. The number of esters is 1. The van der Waals surface area contributed by atoms with E-state index in [2.05, 4.69) is 42.6 Å². The standard InChI is InChI=1S/C17H19NO2/c1-17(11-18-10-15(17)16(19)20-2)14-8-7-12-5-3-4-6-13(12)9-14/h3-9,15,18H,10-11H2,1-2H3. The number of ether oxygens (including phenoxy) is 1. The molecule has 2 unspecified atom stereocenters. The Labute approximate surface area is 118 Å². The molecule has 0 saturated carbocycles. The Morgan fingerprint density at radius 3 is 2.75 bits per heavy atom. The summed E-state index contributed by atoms with van der Waals surface area (Å²) in [4.78, 5) is 12.0. The van der Waals surface area contributed by atoms with Crippen LogP contribution in [0.4, 0.5) is 0 Å². The second kappa shape index (κ2) is 4.91. The maximum absolute atomic E-state index is 12.0. The molecule has 0 aliphatic carbocycles. The SMILES string of the molecule is COC(=O)C1CNCC1(C)c1ccc2ccccc2c1. The molecule has 2 aromatic rings. The number of nitrogens with one attached hydrogen (secondary N) is 1. The molecule has 0 radical (unpaired) electrons. The van der Waals surface area contributed by atoms with E-state index < -0.39 is 0 Å². The highest BCUT2D eigenvalue weighted by molar-refractivity contribution is 5.84. The Bertz CT molecular complexity index is 652. The third kappa shape index (κ3) is 1.98. The molecule has 1 aliphatic rings. The maximum atomic E-state index is 12.0. The molecular formula is C17H19NO2. The van der Waals surface area contributed by atoms with Crippen molar-refractivity contribution in [2.45, 2.75) is 12.3 Å². The number of carbonyl (C=O) groups is 1. The molecule has 104 valence electrons. The fraction of sp³-hybridized carbons (Fsp3) is 0.353. The first-order valence-electron chi connectivity index (χ1n) is 6.93. The number of methoxy groups -OCH3 is 1. The number of benzene rings is 2. The molecular weight excluding hydrogens is 250 g/mol. The van der Waals surface area contributed by atoms with Gasteiger partial charge in [0, 0.05) is 18.5 Å². The van der Waals surface area contributed by atoms with Crippen LogP contribution in [0, 0.1) is 5.92 Å². The van der Waals surface area contributed by atoms with Crippen molar-refractivity contribution >= 4 is 16.7 Å². The second-order valence-corrected chi connectivity index (χ2v) is 5.69. The molecule has 1 N–H and O–H groups in total. The van der Waals surface area contributed by atoms with Gasteiger partial charge in [0.1, 0.15) is 0 Å². The van der Waals surface area contributed by atoms with E-state index in [0.29, 0.717) is 6.54 Å². The van der Waals surface area contributed by atoms with Crippen molar-refractivity contribution in [2.75, 3.05) is 20.2 Å². The number of fused-ring (bicyclic) bond motifs is 1. The first kappa shape index (κ1) is 13.1. The van der Waals surface area contributed by atoms with Gasteiger partial charge in [-0.15, -0.1) is 0 Å². The Hall–Kier alpha value is -1.87. The van der Waals surface area contributed by atoms with Gasteiger partial charge in [-0.05, 0) is 16.3 Å². The molecule has 3 rings (SSSR count). The van der Waals surface area contributed by atoms with E-state index >= 15 is 0 Å². The lowest BCUT2D eigenvalue weighted by molar-refractivity contribution is -0.146. The van der Waals surface area contributed by atoms with Gasteiger partial charge in [-0.25, -0.2) is 0 Å². The van der Waals surface area contributed by atoms with E-state index in [9.17, 15) is 4.79 Å². The van der Waals surface area contributed by atoms with E-state index in [1.54, 1.807) is 0 Å². The molecule has 0 spiro atoms. The highest BCUT2D eigenvalue weighted by Crippen LogP contribution is 2.37. The van der Waals surface area contributed by atoms with Crippen molar-refractivity contribution < 1.29 is 9.53 Å². The smallest absolute Gasteiger partial charge is 0.310 e. The lowest BCUT2D eigenvalue weighted by Crippen LogP contribution is -2.37. The van der Waals surface area contributed by atoms with Crippen LogP contribution in [0.3, 0.4) is 0 Å². The summed E-state index contributed by atoms with van der Waals surface area (Å²) in [6.45, 7) is 3.61. The van der Waals surface area contributed by atoms with Gasteiger partial charge < -0.3 is 10.1 Å². The zero-order valence-electron chi connectivity index (χ0n) is 11.8. The van der Waals surface area contributed by atoms with Crippen molar-refractivity contribution in [2.24, 2.45) is 5.92 Å². The minimum atomic E-state index is -0.211. The maximum Gasteiger partial charge on any atom is 0.310 e. The van der Waals surface area contributed by atoms with Crippen LogP contribution < -0.4 is 5.32 Å². The summed E-state index contributed by atoms with van der Waals surface area (Å²) in [5.74, 6) is -0.265. The van der Waals surface area contributed by atoms with E-state index in [4.69, 9.17) is 4.74 Å². The molecule has 0 bridgehead atoms. The van der Waals surface area contributed by atoms with E-state index in [0.717, 1.165) is 6.54 Å². The van der Waals surface area contributed by atoms with Crippen LogP contribution >= 0.6 is 0 Å². The third-order valence-corrected chi connectivity index (χ3v) is 4.50. The van der Waals surface area contributed by atoms with Crippen LogP contribution in [0.1, 0.15) is 12.5 Å². The lowest BCUT2D eigenvalue weighted by atomic mass is 9.73. The van der Waals surface area contributed by atoms with Gasteiger partial charge in [0.25, 0.3) is 0 Å². The number of carbonyl (C=O) groups excluding carboxylic acids is 1. The van der Waals surface area contributed by atoms with E-state index in [-0.39, 0.29) is 17.3 Å². The zero-order chi connectivity index (χ0) is 14.2. The highest BCUT2D eigenvalue weighted by atomic mass is 16.5. The minimum Gasteiger partial charge on any atom is -0.469 e. The van der Waals surface area contributed by atoms with Crippen LogP contribution in [-0.4, -0.2) is 26.2 Å². The lowest BCUT2D eigenvalue weighted by Gasteiger charge is -2.29. The van der Waals surface area contributed by atoms with Crippen molar-refractivity contribution in [1.82, 2.24) is 5.32 Å². The average molecular weight is 269 g/mol. The fourth-order valence-electron chi connectivity index (χ4n) is 3.16. The van der Waals surface area contributed by atoms with Gasteiger partial charge in [-0.2, -0.15) is 0 Å². The van der Waals surface area contributed by atoms with Crippen LogP contribution in [0.5, 0.6) is 0 Å². The average Bonchev–Trinajstić information content (AvgIpc) is 2.89. The minimum absolute atomic E-state index is 0.131. The largest absolute Gasteiger partial charge is 0.469 e. The highest BCUT2D eigenvalue weighted by Gasteiger charge is 2.45. The molecule has 1 fully saturated rings. The number of hydrogen-bond donors (Lipinski definition) is 1. The topological polar surface area (TPSA) is 38.3 Å². The predicted molar refractivity (Wildman–Crippen MR) is 79.7 cm³/mol. The van der Waals surface area contributed by atoms with Gasteiger partial charge >= 0.3 is 5.97 Å². The second-order valence-electron chi connectivity index (χ2n) is 5.69. The number of hydrogen-bond acceptors (Lipinski definition) is 3. The number of rotatable bonds is 2. The summed E-state index contributed by atoms with van der Waals surface area (Å²) in [5.41, 5.74) is 0.980. The zero-order valence-corrected chi connectivity index (χ0v) is 11.8. The molecule has 20 heavy (non-hydrogen) atoms.